The fourth-order valence-electron chi connectivity index (χ4n) is 3.19. The Morgan fingerprint density at radius 1 is 1.04 bits per heavy atom. The zero-order valence-corrected chi connectivity index (χ0v) is 15.2. The van der Waals surface area contributed by atoms with Crippen molar-refractivity contribution in [2.24, 2.45) is 0 Å². The lowest BCUT2D eigenvalue weighted by atomic mass is 10.1. The Balaban J connectivity index is 1.64. The van der Waals surface area contributed by atoms with Gasteiger partial charge < -0.3 is 19.0 Å². The van der Waals surface area contributed by atoms with Crippen LogP contribution in [0, 0.1) is 0 Å². The standard InChI is InChI=1S/C22H18N2O4/c1-27-19-10-5-3-8-17(19)23-21(25)14-24-13-16(15-7-2-4-9-18(15)24)22(26)20-11-6-12-28-20/h2-13H,14H2,1H3,(H,23,25). The quantitative estimate of drug-likeness (QED) is 0.516. The third-order valence-corrected chi connectivity index (χ3v) is 4.47. The van der Waals surface area contributed by atoms with Crippen LogP contribution in [0.25, 0.3) is 10.9 Å². The number of aromatic nitrogens is 1. The summed E-state index contributed by atoms with van der Waals surface area (Å²) in [5.74, 6) is 0.413. The maximum atomic E-state index is 12.8. The molecule has 2 aromatic carbocycles. The van der Waals surface area contributed by atoms with Crippen LogP contribution in [-0.2, 0) is 11.3 Å². The average molecular weight is 374 g/mol. The number of fused-ring (bicyclic) bond motifs is 1. The number of para-hydroxylation sites is 3. The molecule has 0 saturated carbocycles. The molecule has 6 heteroatoms. The van der Waals surface area contributed by atoms with Gasteiger partial charge in [0.2, 0.25) is 11.7 Å². The Hall–Kier alpha value is -3.80. The smallest absolute Gasteiger partial charge is 0.244 e. The minimum Gasteiger partial charge on any atom is -0.495 e. The molecule has 1 N–H and O–H groups in total. The summed E-state index contributed by atoms with van der Waals surface area (Å²) in [6.45, 7) is 0.0595. The summed E-state index contributed by atoms with van der Waals surface area (Å²) in [6.07, 6.45) is 3.16. The Kier molecular flexibility index (Phi) is 4.68. The topological polar surface area (TPSA) is 73.5 Å². The molecule has 0 unspecified atom stereocenters. The molecule has 0 saturated heterocycles. The van der Waals surface area contributed by atoms with E-state index in [1.807, 2.05) is 36.4 Å². The molecular weight excluding hydrogens is 356 g/mol. The van der Waals surface area contributed by atoms with Gasteiger partial charge in [-0.15, -0.1) is 0 Å². The molecule has 0 atom stereocenters. The first-order chi connectivity index (χ1) is 13.7. The number of furan rings is 1. The van der Waals surface area contributed by atoms with E-state index in [4.69, 9.17) is 9.15 Å². The summed E-state index contributed by atoms with van der Waals surface area (Å²) in [6, 6.07) is 18.0. The van der Waals surface area contributed by atoms with Crippen molar-refractivity contribution in [1.82, 2.24) is 4.57 Å². The van der Waals surface area contributed by atoms with Crippen molar-refractivity contribution in [1.29, 1.82) is 0 Å². The predicted octanol–water partition coefficient (Wildman–Crippen LogP) is 4.11. The number of amides is 1. The molecule has 1 amide bonds. The minimum atomic E-state index is -0.220. The van der Waals surface area contributed by atoms with Crippen LogP contribution in [0.4, 0.5) is 5.69 Å². The number of methoxy groups -OCH3 is 1. The Labute approximate surface area is 161 Å². The molecule has 28 heavy (non-hydrogen) atoms. The summed E-state index contributed by atoms with van der Waals surface area (Å²) in [5, 5.41) is 3.62. The number of carbonyl (C=O) groups excluding carboxylic acids is 2. The van der Waals surface area contributed by atoms with Crippen molar-refractivity contribution in [3.05, 3.63) is 84.4 Å². The van der Waals surface area contributed by atoms with Crippen LogP contribution in [0.1, 0.15) is 16.1 Å². The maximum absolute atomic E-state index is 12.8. The van der Waals surface area contributed by atoms with E-state index in [0.29, 0.717) is 17.0 Å². The van der Waals surface area contributed by atoms with Crippen LogP contribution < -0.4 is 10.1 Å². The summed E-state index contributed by atoms with van der Waals surface area (Å²) in [4.78, 5) is 25.4. The van der Waals surface area contributed by atoms with Crippen molar-refractivity contribution >= 4 is 28.3 Å². The number of nitrogens with zero attached hydrogens (tertiary/aromatic N) is 1. The third kappa shape index (κ3) is 3.27. The van der Waals surface area contributed by atoms with Crippen molar-refractivity contribution in [3.8, 4) is 5.75 Å². The van der Waals surface area contributed by atoms with Gasteiger partial charge in [-0.1, -0.05) is 30.3 Å². The Morgan fingerprint density at radius 3 is 2.61 bits per heavy atom. The fourth-order valence-corrected chi connectivity index (χ4v) is 3.19. The van der Waals surface area contributed by atoms with Gasteiger partial charge in [0.25, 0.3) is 0 Å². The summed E-state index contributed by atoms with van der Waals surface area (Å²) < 4.78 is 12.3. The van der Waals surface area contributed by atoms with Gasteiger partial charge in [-0.05, 0) is 30.3 Å². The first kappa shape index (κ1) is 17.6. The van der Waals surface area contributed by atoms with Crippen molar-refractivity contribution in [2.45, 2.75) is 6.54 Å². The average Bonchev–Trinajstić information content (AvgIpc) is 3.37. The highest BCUT2D eigenvalue weighted by molar-refractivity contribution is 6.15. The van der Waals surface area contributed by atoms with E-state index in [0.717, 1.165) is 10.9 Å². The lowest BCUT2D eigenvalue weighted by molar-refractivity contribution is -0.116. The molecule has 140 valence electrons. The van der Waals surface area contributed by atoms with Gasteiger partial charge in [-0.3, -0.25) is 9.59 Å². The first-order valence-electron chi connectivity index (χ1n) is 8.76. The second kappa shape index (κ2) is 7.44. The van der Waals surface area contributed by atoms with Gasteiger partial charge in [0, 0.05) is 17.1 Å². The zero-order chi connectivity index (χ0) is 19.5. The monoisotopic (exact) mass is 374 g/mol. The molecule has 0 aliphatic rings. The van der Waals surface area contributed by atoms with Crippen molar-refractivity contribution in [3.63, 3.8) is 0 Å². The zero-order valence-electron chi connectivity index (χ0n) is 15.2. The number of anilines is 1. The normalized spacial score (nSPS) is 10.8. The molecule has 6 nitrogen and oxygen atoms in total. The summed E-state index contributed by atoms with van der Waals surface area (Å²) >= 11 is 0. The highest BCUT2D eigenvalue weighted by Gasteiger charge is 2.19. The highest BCUT2D eigenvalue weighted by atomic mass is 16.5. The predicted molar refractivity (Wildman–Crippen MR) is 106 cm³/mol. The van der Waals surface area contributed by atoms with Crippen LogP contribution in [-0.4, -0.2) is 23.4 Å². The SMILES string of the molecule is COc1ccccc1NC(=O)Cn1cc(C(=O)c2ccco2)c2ccccc21. The van der Waals surface area contributed by atoms with E-state index < -0.39 is 0 Å². The molecule has 4 aromatic rings. The molecule has 0 radical (unpaired) electrons. The lowest BCUT2D eigenvalue weighted by Gasteiger charge is -2.10. The number of carbonyl (C=O) groups is 2. The van der Waals surface area contributed by atoms with Crippen molar-refractivity contribution in [2.75, 3.05) is 12.4 Å². The molecule has 0 bridgehead atoms. The molecule has 0 aliphatic carbocycles. The van der Waals surface area contributed by atoms with Crippen LogP contribution in [0.2, 0.25) is 0 Å². The van der Waals surface area contributed by atoms with E-state index in [9.17, 15) is 9.59 Å². The van der Waals surface area contributed by atoms with Gasteiger partial charge in [0.15, 0.2) is 5.76 Å². The Morgan fingerprint density at radius 2 is 1.82 bits per heavy atom. The first-order valence-corrected chi connectivity index (χ1v) is 8.76. The number of nitrogens with one attached hydrogen (secondary N) is 1. The van der Waals surface area contributed by atoms with E-state index >= 15 is 0 Å². The number of ketones is 1. The third-order valence-electron chi connectivity index (χ3n) is 4.47. The number of rotatable bonds is 6. The van der Waals surface area contributed by atoms with Crippen LogP contribution in [0.15, 0.2) is 77.5 Å². The van der Waals surface area contributed by atoms with Gasteiger partial charge in [-0.25, -0.2) is 0 Å². The van der Waals surface area contributed by atoms with Crippen molar-refractivity contribution < 1.29 is 18.7 Å². The molecule has 2 heterocycles. The Bertz CT molecular complexity index is 1140. The number of ether oxygens (including phenoxy) is 1. The number of hydrogen-bond donors (Lipinski definition) is 1. The van der Waals surface area contributed by atoms with E-state index in [2.05, 4.69) is 5.32 Å². The van der Waals surface area contributed by atoms with E-state index in [-0.39, 0.29) is 24.0 Å². The molecule has 0 fully saturated rings. The largest absolute Gasteiger partial charge is 0.495 e. The van der Waals surface area contributed by atoms with E-state index in [1.54, 1.807) is 42.1 Å². The van der Waals surface area contributed by atoms with Crippen LogP contribution in [0.3, 0.4) is 0 Å². The molecular formula is C22H18N2O4. The molecule has 2 aromatic heterocycles. The number of benzene rings is 2. The maximum Gasteiger partial charge on any atom is 0.244 e. The van der Waals surface area contributed by atoms with Gasteiger partial charge >= 0.3 is 0 Å². The lowest BCUT2D eigenvalue weighted by Crippen LogP contribution is -2.18. The highest BCUT2D eigenvalue weighted by Crippen LogP contribution is 2.25. The summed E-state index contributed by atoms with van der Waals surface area (Å²) in [7, 11) is 1.55. The van der Waals surface area contributed by atoms with E-state index in [1.165, 1.54) is 6.26 Å². The molecule has 0 aliphatic heterocycles. The number of hydrogen-bond acceptors (Lipinski definition) is 4. The molecule has 4 rings (SSSR count). The fraction of sp³-hybridized carbons (Fsp3) is 0.0909. The van der Waals surface area contributed by atoms with Crippen LogP contribution in [0.5, 0.6) is 5.75 Å². The summed E-state index contributed by atoms with van der Waals surface area (Å²) in [5.41, 5.74) is 1.89. The second-order valence-electron chi connectivity index (χ2n) is 6.24. The van der Waals surface area contributed by atoms with Gasteiger partial charge in [0.05, 0.1) is 24.6 Å². The second-order valence-corrected chi connectivity index (χ2v) is 6.24. The molecule has 0 spiro atoms. The van der Waals surface area contributed by atoms with Gasteiger partial charge in [0.1, 0.15) is 12.3 Å². The minimum absolute atomic E-state index is 0.0595. The van der Waals surface area contributed by atoms with Gasteiger partial charge in [-0.2, -0.15) is 0 Å². The van der Waals surface area contributed by atoms with Crippen LogP contribution >= 0.6 is 0 Å².